The van der Waals surface area contributed by atoms with E-state index in [2.05, 4.69) is 5.32 Å². The molecule has 1 aromatic rings. The standard InChI is InChI=1S/C13H14ClNO3/c1-7-4-8(2-3-11(7)14)12(16)15-10-5-9(6-10)13(17)18/h2-4,9-10H,5-6H2,1H3,(H,15,16)(H,17,18). The number of nitrogens with one attached hydrogen (secondary N) is 1. The first kappa shape index (κ1) is 12.9. The van der Waals surface area contributed by atoms with Gasteiger partial charge in [-0.25, -0.2) is 0 Å². The lowest BCUT2D eigenvalue weighted by atomic mass is 9.80. The summed E-state index contributed by atoms with van der Waals surface area (Å²) in [5.41, 5.74) is 1.40. The molecule has 0 radical (unpaired) electrons. The number of hydrogen-bond acceptors (Lipinski definition) is 2. The van der Waals surface area contributed by atoms with Crippen molar-refractivity contribution >= 4 is 23.5 Å². The van der Waals surface area contributed by atoms with Gasteiger partial charge in [0.25, 0.3) is 5.91 Å². The number of carboxylic acids is 1. The van der Waals surface area contributed by atoms with E-state index in [1.807, 2.05) is 6.92 Å². The van der Waals surface area contributed by atoms with Crippen LogP contribution in [0.3, 0.4) is 0 Å². The quantitative estimate of drug-likeness (QED) is 0.883. The molecule has 2 rings (SSSR count). The molecule has 0 atom stereocenters. The van der Waals surface area contributed by atoms with E-state index in [0.717, 1.165) is 5.56 Å². The molecular weight excluding hydrogens is 254 g/mol. The van der Waals surface area contributed by atoms with Crippen LogP contribution in [0.2, 0.25) is 5.02 Å². The van der Waals surface area contributed by atoms with Gasteiger partial charge in [-0.2, -0.15) is 0 Å². The molecule has 1 aromatic carbocycles. The van der Waals surface area contributed by atoms with Crippen LogP contribution in [0.25, 0.3) is 0 Å². The summed E-state index contributed by atoms with van der Waals surface area (Å²) in [7, 11) is 0. The molecule has 2 N–H and O–H groups in total. The number of aryl methyl sites for hydroxylation is 1. The second-order valence-electron chi connectivity index (χ2n) is 4.64. The highest BCUT2D eigenvalue weighted by Crippen LogP contribution is 2.27. The minimum absolute atomic E-state index is 0.0328. The van der Waals surface area contributed by atoms with Crippen LogP contribution < -0.4 is 5.32 Å². The average molecular weight is 268 g/mol. The van der Waals surface area contributed by atoms with Crippen LogP contribution in [0.15, 0.2) is 18.2 Å². The van der Waals surface area contributed by atoms with Gasteiger partial charge >= 0.3 is 5.97 Å². The summed E-state index contributed by atoms with van der Waals surface area (Å²) in [6, 6.07) is 5.05. The molecule has 1 fully saturated rings. The van der Waals surface area contributed by atoms with E-state index in [1.165, 1.54) is 0 Å². The van der Waals surface area contributed by atoms with E-state index in [9.17, 15) is 9.59 Å². The molecule has 1 amide bonds. The Morgan fingerprint density at radius 2 is 2.06 bits per heavy atom. The predicted molar refractivity (Wildman–Crippen MR) is 67.8 cm³/mol. The van der Waals surface area contributed by atoms with E-state index < -0.39 is 5.97 Å². The molecule has 18 heavy (non-hydrogen) atoms. The number of benzene rings is 1. The largest absolute Gasteiger partial charge is 0.481 e. The maximum absolute atomic E-state index is 11.9. The van der Waals surface area contributed by atoms with Gasteiger partial charge in [0.2, 0.25) is 0 Å². The summed E-state index contributed by atoms with van der Waals surface area (Å²) in [4.78, 5) is 22.5. The van der Waals surface area contributed by atoms with Crippen LogP contribution in [-0.2, 0) is 4.79 Å². The molecule has 0 aliphatic heterocycles. The van der Waals surface area contributed by atoms with E-state index in [1.54, 1.807) is 18.2 Å². The summed E-state index contributed by atoms with van der Waals surface area (Å²) in [5.74, 6) is -1.28. The monoisotopic (exact) mass is 267 g/mol. The molecule has 4 nitrogen and oxygen atoms in total. The van der Waals surface area contributed by atoms with Gasteiger partial charge in [0, 0.05) is 16.6 Å². The number of halogens is 1. The number of hydrogen-bond donors (Lipinski definition) is 2. The van der Waals surface area contributed by atoms with Crippen molar-refractivity contribution in [2.75, 3.05) is 0 Å². The summed E-state index contributed by atoms with van der Waals surface area (Å²) in [6.45, 7) is 1.84. The smallest absolute Gasteiger partial charge is 0.306 e. The molecule has 0 bridgehead atoms. The zero-order valence-corrected chi connectivity index (χ0v) is 10.7. The maximum Gasteiger partial charge on any atom is 0.306 e. The van der Waals surface area contributed by atoms with Gasteiger partial charge in [0.15, 0.2) is 0 Å². The lowest BCUT2D eigenvalue weighted by Gasteiger charge is -2.32. The van der Waals surface area contributed by atoms with Crippen molar-refractivity contribution in [3.8, 4) is 0 Å². The van der Waals surface area contributed by atoms with Gasteiger partial charge < -0.3 is 10.4 Å². The Morgan fingerprint density at radius 3 is 2.61 bits per heavy atom. The molecule has 1 aliphatic carbocycles. The molecule has 1 aliphatic rings. The Labute approximate surface area is 110 Å². The number of amides is 1. The van der Waals surface area contributed by atoms with Crippen molar-refractivity contribution < 1.29 is 14.7 Å². The predicted octanol–water partition coefficient (Wildman–Crippen LogP) is 2.24. The Hall–Kier alpha value is -1.55. The molecule has 0 aromatic heterocycles. The summed E-state index contributed by atoms with van der Waals surface area (Å²) in [5, 5.41) is 12.2. The Balaban J connectivity index is 1.93. The topological polar surface area (TPSA) is 66.4 Å². The van der Waals surface area contributed by atoms with Crippen LogP contribution in [0.5, 0.6) is 0 Å². The molecule has 96 valence electrons. The van der Waals surface area contributed by atoms with Crippen molar-refractivity contribution in [1.82, 2.24) is 5.32 Å². The lowest BCUT2D eigenvalue weighted by Crippen LogP contribution is -2.46. The van der Waals surface area contributed by atoms with Crippen molar-refractivity contribution in [3.05, 3.63) is 34.3 Å². The fourth-order valence-electron chi connectivity index (χ4n) is 1.99. The molecule has 0 unspecified atom stereocenters. The zero-order valence-electron chi connectivity index (χ0n) is 9.94. The fraction of sp³-hybridized carbons (Fsp3) is 0.385. The highest BCUT2D eigenvalue weighted by molar-refractivity contribution is 6.31. The first-order valence-electron chi connectivity index (χ1n) is 5.77. The van der Waals surface area contributed by atoms with E-state index in [-0.39, 0.29) is 17.9 Å². The van der Waals surface area contributed by atoms with Gasteiger partial charge in [-0.3, -0.25) is 9.59 Å². The van der Waals surface area contributed by atoms with Crippen LogP contribution in [0.4, 0.5) is 0 Å². The molecule has 0 spiro atoms. The van der Waals surface area contributed by atoms with Gasteiger partial charge in [-0.1, -0.05) is 11.6 Å². The average Bonchev–Trinajstić information content (AvgIpc) is 2.25. The van der Waals surface area contributed by atoms with Crippen LogP contribution in [-0.4, -0.2) is 23.0 Å². The normalized spacial score (nSPS) is 22.1. The fourth-order valence-corrected chi connectivity index (χ4v) is 2.11. The van der Waals surface area contributed by atoms with Gasteiger partial charge in [0.05, 0.1) is 5.92 Å². The van der Waals surface area contributed by atoms with Crippen molar-refractivity contribution in [2.45, 2.75) is 25.8 Å². The molecule has 5 heteroatoms. The van der Waals surface area contributed by atoms with Gasteiger partial charge in [-0.15, -0.1) is 0 Å². The van der Waals surface area contributed by atoms with Crippen LogP contribution in [0.1, 0.15) is 28.8 Å². The summed E-state index contributed by atoms with van der Waals surface area (Å²) in [6.07, 6.45) is 1.02. The first-order chi connectivity index (χ1) is 8.47. The number of carboxylic acid groups (broad SMARTS) is 1. The van der Waals surface area contributed by atoms with E-state index in [0.29, 0.717) is 23.4 Å². The SMILES string of the molecule is Cc1cc(C(=O)NC2CC(C(=O)O)C2)ccc1Cl. The third kappa shape index (κ3) is 2.64. The minimum Gasteiger partial charge on any atom is -0.481 e. The number of carbonyl (C=O) groups excluding carboxylic acids is 1. The maximum atomic E-state index is 11.9. The van der Waals surface area contributed by atoms with Gasteiger partial charge in [-0.05, 0) is 43.5 Å². The molecule has 0 saturated heterocycles. The van der Waals surface area contributed by atoms with E-state index in [4.69, 9.17) is 16.7 Å². The van der Waals surface area contributed by atoms with Crippen LogP contribution >= 0.6 is 11.6 Å². The van der Waals surface area contributed by atoms with Crippen molar-refractivity contribution in [2.24, 2.45) is 5.92 Å². The Morgan fingerprint density at radius 1 is 1.39 bits per heavy atom. The molecule has 0 heterocycles. The molecular formula is C13H14ClNO3. The second kappa shape index (κ2) is 4.98. The highest BCUT2D eigenvalue weighted by Gasteiger charge is 2.35. The van der Waals surface area contributed by atoms with Crippen molar-refractivity contribution in [1.29, 1.82) is 0 Å². The van der Waals surface area contributed by atoms with E-state index >= 15 is 0 Å². The third-order valence-electron chi connectivity index (χ3n) is 3.24. The van der Waals surface area contributed by atoms with Crippen molar-refractivity contribution in [3.63, 3.8) is 0 Å². The van der Waals surface area contributed by atoms with Crippen LogP contribution in [0, 0.1) is 12.8 Å². The summed E-state index contributed by atoms with van der Waals surface area (Å²) >= 11 is 5.89. The molecule has 1 saturated carbocycles. The number of carbonyl (C=O) groups is 2. The summed E-state index contributed by atoms with van der Waals surface area (Å²) < 4.78 is 0. The zero-order chi connectivity index (χ0) is 13.3. The first-order valence-corrected chi connectivity index (χ1v) is 6.15. The number of aliphatic carboxylic acids is 1. The second-order valence-corrected chi connectivity index (χ2v) is 5.05. The number of rotatable bonds is 3. The third-order valence-corrected chi connectivity index (χ3v) is 3.67. The highest BCUT2D eigenvalue weighted by atomic mass is 35.5. The Kier molecular flexibility index (Phi) is 3.57. The lowest BCUT2D eigenvalue weighted by molar-refractivity contribution is -0.145. The van der Waals surface area contributed by atoms with Gasteiger partial charge in [0.1, 0.15) is 0 Å². The minimum atomic E-state index is -0.789. The Bertz CT molecular complexity index is 495.